The van der Waals surface area contributed by atoms with Gasteiger partial charge in [-0.15, -0.1) is 10.2 Å². The topological polar surface area (TPSA) is 54.9 Å². The number of hydrogen-bond donors (Lipinski definition) is 1. The van der Waals surface area contributed by atoms with E-state index in [1.807, 2.05) is 6.92 Å². The largest absolute Gasteiger partial charge is 0.349 e. The van der Waals surface area contributed by atoms with Crippen molar-refractivity contribution in [3.8, 4) is 0 Å². The maximum Gasteiger partial charge on any atom is 0.223 e. The molecule has 1 aromatic rings. The Labute approximate surface area is 93.1 Å². The average molecular weight is 225 g/mol. The fourth-order valence-corrected chi connectivity index (χ4v) is 2.55. The molecular formula is C10H15N3OS. The van der Waals surface area contributed by atoms with Gasteiger partial charge in [0.05, 0.1) is 6.54 Å². The Morgan fingerprint density at radius 1 is 1.47 bits per heavy atom. The van der Waals surface area contributed by atoms with Gasteiger partial charge in [-0.3, -0.25) is 4.79 Å². The van der Waals surface area contributed by atoms with Crippen molar-refractivity contribution in [2.24, 2.45) is 5.92 Å². The molecule has 5 heteroatoms. The molecule has 1 aromatic heterocycles. The summed E-state index contributed by atoms with van der Waals surface area (Å²) in [6.07, 6.45) is 4.47. The molecule has 0 radical (unpaired) electrons. The van der Waals surface area contributed by atoms with Crippen LogP contribution >= 0.6 is 11.3 Å². The Bertz CT molecular complexity index is 344. The predicted octanol–water partition coefficient (Wildman–Crippen LogP) is 1.65. The molecule has 1 aliphatic rings. The van der Waals surface area contributed by atoms with Crippen LogP contribution < -0.4 is 5.32 Å². The summed E-state index contributed by atoms with van der Waals surface area (Å²) in [5.41, 5.74) is 0. The molecule has 0 bridgehead atoms. The van der Waals surface area contributed by atoms with Gasteiger partial charge in [-0.25, -0.2) is 0 Å². The fraction of sp³-hybridized carbons (Fsp3) is 0.700. The minimum atomic E-state index is 0.181. The van der Waals surface area contributed by atoms with E-state index in [-0.39, 0.29) is 11.8 Å². The van der Waals surface area contributed by atoms with Crippen LogP contribution in [0.3, 0.4) is 0 Å². The monoisotopic (exact) mass is 225 g/mol. The van der Waals surface area contributed by atoms with E-state index in [4.69, 9.17) is 0 Å². The zero-order chi connectivity index (χ0) is 10.7. The Balaban J connectivity index is 1.80. The van der Waals surface area contributed by atoms with E-state index in [1.165, 1.54) is 24.2 Å². The van der Waals surface area contributed by atoms with Crippen molar-refractivity contribution < 1.29 is 4.79 Å². The second kappa shape index (κ2) is 4.70. The third-order valence-electron chi connectivity index (χ3n) is 2.71. The molecule has 1 aliphatic carbocycles. The highest BCUT2D eigenvalue weighted by Crippen LogP contribution is 2.24. The Morgan fingerprint density at radius 3 is 2.80 bits per heavy atom. The molecule has 82 valence electrons. The molecule has 0 spiro atoms. The normalized spacial score (nSPS) is 16.9. The zero-order valence-corrected chi connectivity index (χ0v) is 9.64. The minimum Gasteiger partial charge on any atom is -0.349 e. The lowest BCUT2D eigenvalue weighted by molar-refractivity contribution is -0.124. The number of aryl methyl sites for hydroxylation is 1. The van der Waals surface area contributed by atoms with Crippen LogP contribution in [0.1, 0.15) is 35.7 Å². The molecule has 1 amide bonds. The van der Waals surface area contributed by atoms with E-state index in [1.54, 1.807) is 0 Å². The van der Waals surface area contributed by atoms with Crippen LogP contribution in [-0.2, 0) is 11.3 Å². The van der Waals surface area contributed by atoms with Crippen molar-refractivity contribution in [2.45, 2.75) is 39.2 Å². The van der Waals surface area contributed by atoms with Crippen LogP contribution in [0.5, 0.6) is 0 Å². The molecule has 4 nitrogen and oxygen atoms in total. The van der Waals surface area contributed by atoms with Crippen LogP contribution in [0, 0.1) is 12.8 Å². The van der Waals surface area contributed by atoms with Crippen molar-refractivity contribution in [1.29, 1.82) is 0 Å². The van der Waals surface area contributed by atoms with Gasteiger partial charge in [0, 0.05) is 5.92 Å². The molecule has 0 unspecified atom stereocenters. The first-order valence-corrected chi connectivity index (χ1v) is 6.14. The van der Waals surface area contributed by atoms with Gasteiger partial charge in [0.1, 0.15) is 10.0 Å². The maximum atomic E-state index is 11.7. The van der Waals surface area contributed by atoms with Gasteiger partial charge in [-0.05, 0) is 19.8 Å². The summed E-state index contributed by atoms with van der Waals surface area (Å²) in [5, 5.41) is 12.6. The molecule has 0 atom stereocenters. The van der Waals surface area contributed by atoms with Crippen LogP contribution in [-0.4, -0.2) is 16.1 Å². The zero-order valence-electron chi connectivity index (χ0n) is 8.82. The van der Waals surface area contributed by atoms with Crippen LogP contribution in [0.4, 0.5) is 0 Å². The van der Waals surface area contributed by atoms with Gasteiger partial charge in [0.2, 0.25) is 5.91 Å². The van der Waals surface area contributed by atoms with Crippen LogP contribution in [0.15, 0.2) is 0 Å². The molecule has 0 saturated heterocycles. The lowest BCUT2D eigenvalue weighted by Crippen LogP contribution is -2.28. The van der Waals surface area contributed by atoms with E-state index in [9.17, 15) is 4.79 Å². The number of rotatable bonds is 3. The summed E-state index contributed by atoms with van der Waals surface area (Å²) in [7, 11) is 0. The number of amides is 1. The molecule has 0 aromatic carbocycles. The maximum absolute atomic E-state index is 11.7. The first kappa shape index (κ1) is 10.5. The average Bonchev–Trinajstić information content (AvgIpc) is 2.84. The van der Waals surface area contributed by atoms with Crippen molar-refractivity contribution in [1.82, 2.24) is 15.5 Å². The van der Waals surface area contributed by atoms with Gasteiger partial charge in [-0.2, -0.15) is 0 Å². The van der Waals surface area contributed by atoms with E-state index in [2.05, 4.69) is 15.5 Å². The molecule has 2 rings (SSSR count). The number of carbonyl (C=O) groups is 1. The van der Waals surface area contributed by atoms with Crippen molar-refractivity contribution in [3.63, 3.8) is 0 Å². The van der Waals surface area contributed by atoms with E-state index < -0.39 is 0 Å². The molecular weight excluding hydrogens is 210 g/mol. The van der Waals surface area contributed by atoms with E-state index in [0.717, 1.165) is 22.9 Å². The predicted molar refractivity (Wildman–Crippen MR) is 58.5 cm³/mol. The summed E-state index contributed by atoms with van der Waals surface area (Å²) < 4.78 is 0. The van der Waals surface area contributed by atoms with Crippen molar-refractivity contribution >= 4 is 17.2 Å². The number of aromatic nitrogens is 2. The summed E-state index contributed by atoms with van der Waals surface area (Å²) >= 11 is 1.54. The number of nitrogens with one attached hydrogen (secondary N) is 1. The second-order valence-corrected chi connectivity index (χ2v) is 5.18. The lowest BCUT2D eigenvalue weighted by atomic mass is 10.1. The number of nitrogens with zero attached hydrogens (tertiary/aromatic N) is 2. The Kier molecular flexibility index (Phi) is 3.30. The lowest BCUT2D eigenvalue weighted by Gasteiger charge is -2.08. The number of hydrogen-bond acceptors (Lipinski definition) is 4. The first-order valence-electron chi connectivity index (χ1n) is 5.32. The Morgan fingerprint density at radius 2 is 2.20 bits per heavy atom. The molecule has 15 heavy (non-hydrogen) atoms. The third-order valence-corrected chi connectivity index (χ3v) is 3.55. The van der Waals surface area contributed by atoms with E-state index in [0.29, 0.717) is 6.54 Å². The van der Waals surface area contributed by atoms with Crippen LogP contribution in [0.25, 0.3) is 0 Å². The SMILES string of the molecule is Cc1nnc(CNC(=O)C2CCCC2)s1. The van der Waals surface area contributed by atoms with Crippen LogP contribution in [0.2, 0.25) is 0 Å². The smallest absolute Gasteiger partial charge is 0.223 e. The summed E-state index contributed by atoms with van der Waals surface area (Å²) in [6, 6.07) is 0. The molecule has 1 heterocycles. The highest BCUT2D eigenvalue weighted by molar-refractivity contribution is 7.11. The number of carbonyl (C=O) groups excluding carboxylic acids is 1. The summed E-state index contributed by atoms with van der Waals surface area (Å²) in [5.74, 6) is 0.416. The summed E-state index contributed by atoms with van der Waals surface area (Å²) in [4.78, 5) is 11.7. The van der Waals surface area contributed by atoms with Gasteiger partial charge in [0.15, 0.2) is 0 Å². The molecule has 1 N–H and O–H groups in total. The molecule has 1 saturated carbocycles. The van der Waals surface area contributed by atoms with Gasteiger partial charge < -0.3 is 5.32 Å². The standard InChI is InChI=1S/C10H15N3OS/c1-7-12-13-9(15-7)6-11-10(14)8-4-2-3-5-8/h8H,2-6H2,1H3,(H,11,14). The Hall–Kier alpha value is -0.970. The highest BCUT2D eigenvalue weighted by Gasteiger charge is 2.22. The van der Waals surface area contributed by atoms with Crippen molar-refractivity contribution in [3.05, 3.63) is 10.0 Å². The fourth-order valence-electron chi connectivity index (χ4n) is 1.90. The molecule has 1 fully saturated rings. The second-order valence-electron chi connectivity index (χ2n) is 3.91. The highest BCUT2D eigenvalue weighted by atomic mass is 32.1. The minimum absolute atomic E-state index is 0.181. The quantitative estimate of drug-likeness (QED) is 0.851. The molecule has 0 aliphatic heterocycles. The van der Waals surface area contributed by atoms with Gasteiger partial charge in [-0.1, -0.05) is 24.2 Å². The van der Waals surface area contributed by atoms with Gasteiger partial charge in [0.25, 0.3) is 0 Å². The first-order chi connectivity index (χ1) is 7.25. The third kappa shape index (κ3) is 2.75. The van der Waals surface area contributed by atoms with E-state index >= 15 is 0 Å². The van der Waals surface area contributed by atoms with Crippen molar-refractivity contribution in [2.75, 3.05) is 0 Å². The van der Waals surface area contributed by atoms with Gasteiger partial charge >= 0.3 is 0 Å². The summed E-state index contributed by atoms with van der Waals surface area (Å²) in [6.45, 7) is 2.45.